The van der Waals surface area contributed by atoms with E-state index in [0.717, 1.165) is 16.5 Å². The van der Waals surface area contributed by atoms with Crippen molar-refractivity contribution in [2.45, 2.75) is 26.3 Å². The maximum absolute atomic E-state index is 13.8. The molecule has 1 unspecified atom stereocenters. The molecule has 1 aliphatic rings. The minimum absolute atomic E-state index is 0.0498. The van der Waals surface area contributed by atoms with Crippen molar-refractivity contribution in [1.29, 1.82) is 0 Å². The highest BCUT2D eigenvalue weighted by atomic mass is 79.9. The van der Waals surface area contributed by atoms with Crippen molar-refractivity contribution in [3.05, 3.63) is 98.3 Å². The highest BCUT2D eigenvalue weighted by molar-refractivity contribution is 9.10. The zero-order valence-electron chi connectivity index (χ0n) is 20.3. The van der Waals surface area contributed by atoms with Crippen LogP contribution in [-0.4, -0.2) is 19.6 Å². The summed E-state index contributed by atoms with van der Waals surface area (Å²) < 4.78 is 18.2. The Labute approximate surface area is 217 Å². The standard InChI is InChI=1S/C29H26BrNO5/c1-17(2)12-13-35-22-9-4-6-18(14-22)26-25-27(32)23-15-19(30)10-11-24(23)36-28(25)29(33)31(26)20-7-5-8-21(16-20)34-3/h4-11,14-17,26H,12-13H2,1-3H3. The summed E-state index contributed by atoms with van der Waals surface area (Å²) in [6.45, 7) is 4.88. The van der Waals surface area contributed by atoms with Gasteiger partial charge in [0, 0.05) is 16.2 Å². The van der Waals surface area contributed by atoms with Gasteiger partial charge in [0.25, 0.3) is 5.91 Å². The Hall–Kier alpha value is -3.58. The number of carbonyl (C=O) groups excluding carboxylic acids is 1. The van der Waals surface area contributed by atoms with E-state index in [1.54, 1.807) is 36.3 Å². The minimum Gasteiger partial charge on any atom is -0.497 e. The van der Waals surface area contributed by atoms with Gasteiger partial charge in [0.15, 0.2) is 5.43 Å². The summed E-state index contributed by atoms with van der Waals surface area (Å²) in [6.07, 6.45) is 0.926. The third-order valence-electron chi connectivity index (χ3n) is 6.30. The van der Waals surface area contributed by atoms with Crippen molar-refractivity contribution in [2.75, 3.05) is 18.6 Å². The first kappa shape index (κ1) is 24.1. The third-order valence-corrected chi connectivity index (χ3v) is 6.79. The smallest absolute Gasteiger partial charge is 0.295 e. The van der Waals surface area contributed by atoms with Gasteiger partial charge in [-0.15, -0.1) is 0 Å². The van der Waals surface area contributed by atoms with Crippen molar-refractivity contribution in [3.8, 4) is 11.5 Å². The predicted molar refractivity (Wildman–Crippen MR) is 143 cm³/mol. The molecule has 7 heteroatoms. The van der Waals surface area contributed by atoms with Crippen LogP contribution in [0.3, 0.4) is 0 Å². The Kier molecular flexibility index (Phi) is 6.58. The molecule has 6 nitrogen and oxygen atoms in total. The fraction of sp³-hybridized carbons (Fsp3) is 0.241. The molecule has 184 valence electrons. The maximum Gasteiger partial charge on any atom is 0.295 e. The normalized spacial score (nSPS) is 15.0. The molecule has 1 aromatic heterocycles. The quantitative estimate of drug-likeness (QED) is 0.256. The molecule has 1 aliphatic heterocycles. The molecule has 4 aromatic rings. The van der Waals surface area contributed by atoms with E-state index in [9.17, 15) is 9.59 Å². The second kappa shape index (κ2) is 9.82. The van der Waals surface area contributed by atoms with Crippen molar-refractivity contribution in [3.63, 3.8) is 0 Å². The van der Waals surface area contributed by atoms with Crippen molar-refractivity contribution < 1.29 is 18.7 Å². The molecule has 2 heterocycles. The van der Waals surface area contributed by atoms with Crippen molar-refractivity contribution in [2.24, 2.45) is 5.92 Å². The number of methoxy groups -OCH3 is 1. The van der Waals surface area contributed by atoms with Crippen LogP contribution in [-0.2, 0) is 0 Å². The van der Waals surface area contributed by atoms with Gasteiger partial charge in [-0.2, -0.15) is 0 Å². The molecule has 0 aliphatic carbocycles. The first-order chi connectivity index (χ1) is 17.4. The summed E-state index contributed by atoms with van der Waals surface area (Å²) in [5.41, 5.74) is 1.81. The lowest BCUT2D eigenvalue weighted by Crippen LogP contribution is -2.29. The average Bonchev–Trinajstić information content (AvgIpc) is 3.17. The summed E-state index contributed by atoms with van der Waals surface area (Å²) in [5.74, 6) is 1.49. The first-order valence-corrected chi connectivity index (χ1v) is 12.6. The van der Waals surface area contributed by atoms with Gasteiger partial charge in [-0.3, -0.25) is 14.5 Å². The Bertz CT molecular complexity index is 1510. The molecule has 0 fully saturated rings. The maximum atomic E-state index is 13.8. The van der Waals surface area contributed by atoms with E-state index in [1.165, 1.54) is 0 Å². The summed E-state index contributed by atoms with van der Waals surface area (Å²) in [6, 6.07) is 19.3. The van der Waals surface area contributed by atoms with Gasteiger partial charge in [0.1, 0.15) is 17.1 Å². The molecule has 36 heavy (non-hydrogen) atoms. The molecule has 0 N–H and O–H groups in total. The van der Waals surface area contributed by atoms with Crippen LogP contribution in [0.25, 0.3) is 11.0 Å². The van der Waals surface area contributed by atoms with E-state index in [-0.39, 0.29) is 17.1 Å². The number of benzene rings is 3. The number of amides is 1. The molecule has 5 rings (SSSR count). The van der Waals surface area contributed by atoms with Gasteiger partial charge >= 0.3 is 0 Å². The van der Waals surface area contributed by atoms with E-state index in [1.807, 2.05) is 42.5 Å². The third kappa shape index (κ3) is 4.39. The number of hydrogen-bond acceptors (Lipinski definition) is 5. The summed E-state index contributed by atoms with van der Waals surface area (Å²) in [4.78, 5) is 29.2. The Balaban J connectivity index is 1.69. The van der Waals surface area contributed by atoms with E-state index in [0.29, 0.717) is 46.2 Å². The second-order valence-corrected chi connectivity index (χ2v) is 10.1. The zero-order valence-corrected chi connectivity index (χ0v) is 21.9. The van der Waals surface area contributed by atoms with Gasteiger partial charge in [0.2, 0.25) is 5.76 Å². The van der Waals surface area contributed by atoms with Crippen molar-refractivity contribution >= 4 is 38.5 Å². The highest BCUT2D eigenvalue weighted by Gasteiger charge is 2.44. The molecule has 0 bridgehead atoms. The number of rotatable bonds is 7. The largest absolute Gasteiger partial charge is 0.497 e. The number of anilines is 1. The number of nitrogens with zero attached hydrogens (tertiary/aromatic N) is 1. The van der Waals surface area contributed by atoms with Crippen LogP contribution in [0.2, 0.25) is 0 Å². The van der Waals surface area contributed by atoms with Crippen LogP contribution in [0, 0.1) is 5.92 Å². The SMILES string of the molecule is COc1cccc(N2C(=O)c3oc4ccc(Br)cc4c(=O)c3C2c2cccc(OCCC(C)C)c2)c1. The van der Waals surface area contributed by atoms with E-state index < -0.39 is 6.04 Å². The lowest BCUT2D eigenvalue weighted by Gasteiger charge is -2.26. The van der Waals surface area contributed by atoms with Crippen LogP contribution >= 0.6 is 15.9 Å². The number of fused-ring (bicyclic) bond motifs is 2. The molecule has 3 aromatic carbocycles. The van der Waals surface area contributed by atoms with Gasteiger partial charge in [-0.05, 0) is 60.4 Å². The lowest BCUT2D eigenvalue weighted by atomic mass is 9.98. The Morgan fingerprint density at radius 1 is 1.00 bits per heavy atom. The molecule has 0 saturated heterocycles. The van der Waals surface area contributed by atoms with Gasteiger partial charge < -0.3 is 13.9 Å². The van der Waals surface area contributed by atoms with Crippen LogP contribution in [0.15, 0.2) is 80.4 Å². The highest BCUT2D eigenvalue weighted by Crippen LogP contribution is 2.42. The minimum atomic E-state index is -0.687. The fourth-order valence-corrected chi connectivity index (χ4v) is 4.84. The van der Waals surface area contributed by atoms with Crippen LogP contribution in [0.1, 0.15) is 48.0 Å². The molecule has 0 spiro atoms. The van der Waals surface area contributed by atoms with Gasteiger partial charge in [0.05, 0.1) is 30.7 Å². The number of hydrogen-bond donors (Lipinski definition) is 0. The lowest BCUT2D eigenvalue weighted by molar-refractivity contribution is 0.0971. The number of ether oxygens (including phenoxy) is 2. The molecular weight excluding hydrogens is 522 g/mol. The first-order valence-electron chi connectivity index (χ1n) is 11.8. The van der Waals surface area contributed by atoms with E-state index in [4.69, 9.17) is 13.9 Å². The fourth-order valence-electron chi connectivity index (χ4n) is 4.47. The molecule has 0 radical (unpaired) electrons. The molecule has 0 saturated carbocycles. The molecular formula is C29H26BrNO5. The summed E-state index contributed by atoms with van der Waals surface area (Å²) >= 11 is 3.44. The van der Waals surface area contributed by atoms with Crippen LogP contribution in [0.5, 0.6) is 11.5 Å². The predicted octanol–water partition coefficient (Wildman–Crippen LogP) is 6.74. The molecule has 1 atom stereocenters. The Morgan fingerprint density at radius 2 is 1.78 bits per heavy atom. The Morgan fingerprint density at radius 3 is 2.56 bits per heavy atom. The topological polar surface area (TPSA) is 69.0 Å². The average molecular weight is 548 g/mol. The van der Waals surface area contributed by atoms with Crippen LogP contribution < -0.4 is 19.8 Å². The summed E-state index contributed by atoms with van der Waals surface area (Å²) in [5, 5.41) is 0.415. The second-order valence-electron chi connectivity index (χ2n) is 9.20. The summed E-state index contributed by atoms with van der Waals surface area (Å²) in [7, 11) is 1.57. The van der Waals surface area contributed by atoms with Crippen LogP contribution in [0.4, 0.5) is 5.69 Å². The number of halogens is 1. The number of carbonyl (C=O) groups is 1. The van der Waals surface area contributed by atoms with Gasteiger partial charge in [-0.1, -0.05) is 48.0 Å². The van der Waals surface area contributed by atoms with E-state index >= 15 is 0 Å². The monoisotopic (exact) mass is 547 g/mol. The van der Waals surface area contributed by atoms with Crippen molar-refractivity contribution in [1.82, 2.24) is 0 Å². The van der Waals surface area contributed by atoms with Gasteiger partial charge in [-0.25, -0.2) is 0 Å². The zero-order chi connectivity index (χ0) is 25.4. The van der Waals surface area contributed by atoms with E-state index in [2.05, 4.69) is 29.8 Å². The molecule has 1 amide bonds.